The van der Waals surface area contributed by atoms with Gasteiger partial charge in [-0.2, -0.15) is 5.26 Å². The summed E-state index contributed by atoms with van der Waals surface area (Å²) in [6.07, 6.45) is 1.66. The molecule has 0 N–H and O–H groups in total. The zero-order chi connectivity index (χ0) is 23.5. The van der Waals surface area contributed by atoms with Crippen molar-refractivity contribution in [3.63, 3.8) is 0 Å². The zero-order valence-corrected chi connectivity index (χ0v) is 18.2. The van der Waals surface area contributed by atoms with E-state index in [9.17, 15) is 19.6 Å². The Labute approximate surface area is 195 Å². The third-order valence-corrected chi connectivity index (χ3v) is 5.47. The number of allylic oxidation sites excluding steroid dienone is 1. The van der Waals surface area contributed by atoms with E-state index < -0.39 is 23.8 Å². The molecular weight excluding hydrogens is 440 g/mol. The number of ether oxygens (including phenoxy) is 1. The molecule has 3 aromatic carbocycles. The molecule has 0 spiro atoms. The number of benzene rings is 3. The maximum atomic E-state index is 12.7. The molecule has 4 rings (SSSR count). The fourth-order valence-electron chi connectivity index (χ4n) is 3.51. The van der Waals surface area contributed by atoms with Crippen LogP contribution in [0.15, 0.2) is 72.8 Å². The number of rotatable bonds is 5. The van der Waals surface area contributed by atoms with Gasteiger partial charge >= 0.3 is 5.97 Å². The predicted octanol–water partition coefficient (Wildman–Crippen LogP) is 4.99. The van der Waals surface area contributed by atoms with Crippen molar-refractivity contribution in [3.8, 4) is 11.8 Å². The van der Waals surface area contributed by atoms with Crippen LogP contribution in [0.5, 0.6) is 5.75 Å². The Morgan fingerprint density at radius 1 is 1.00 bits per heavy atom. The van der Waals surface area contributed by atoms with Crippen LogP contribution in [-0.4, -0.2) is 28.7 Å². The van der Waals surface area contributed by atoms with E-state index in [0.717, 1.165) is 4.90 Å². The number of carbonyl (C=O) groups is 3. The smallest absolute Gasteiger partial charge is 0.334 e. The van der Waals surface area contributed by atoms with E-state index in [0.29, 0.717) is 21.7 Å². The summed E-state index contributed by atoms with van der Waals surface area (Å²) >= 11 is 5.91. The molecule has 162 valence electrons. The van der Waals surface area contributed by atoms with Crippen molar-refractivity contribution in [1.29, 1.82) is 5.26 Å². The highest BCUT2D eigenvalue weighted by molar-refractivity contribution is 6.30. The molecule has 6 nitrogen and oxygen atoms in total. The number of amides is 2. The average Bonchev–Trinajstić information content (AvgIpc) is 3.08. The number of nitrogens with zero attached hydrogens (tertiary/aromatic N) is 2. The van der Waals surface area contributed by atoms with E-state index in [-0.39, 0.29) is 16.9 Å². The molecule has 1 atom stereocenters. The third-order valence-electron chi connectivity index (χ3n) is 5.22. The summed E-state index contributed by atoms with van der Waals surface area (Å²) in [7, 11) is 0. The molecule has 0 saturated carbocycles. The van der Waals surface area contributed by atoms with Gasteiger partial charge in [0.05, 0.1) is 22.8 Å². The zero-order valence-electron chi connectivity index (χ0n) is 17.5. The van der Waals surface area contributed by atoms with Crippen molar-refractivity contribution in [2.24, 2.45) is 0 Å². The molecule has 1 aliphatic heterocycles. The number of hydrogen-bond donors (Lipinski definition) is 0. The van der Waals surface area contributed by atoms with Gasteiger partial charge in [-0.05, 0) is 60.5 Å². The molecular formula is C26H17ClN2O4. The molecule has 33 heavy (non-hydrogen) atoms. The van der Waals surface area contributed by atoms with Gasteiger partial charge in [-0.3, -0.25) is 14.5 Å². The number of imide groups is 1. The number of esters is 1. The number of halogens is 1. The van der Waals surface area contributed by atoms with Crippen LogP contribution >= 0.6 is 11.6 Å². The van der Waals surface area contributed by atoms with Gasteiger partial charge in [-0.25, -0.2) is 4.79 Å². The lowest BCUT2D eigenvalue weighted by Gasteiger charge is -2.20. The molecule has 2 amide bonds. The molecule has 0 bridgehead atoms. The van der Waals surface area contributed by atoms with Crippen LogP contribution in [0.3, 0.4) is 0 Å². The minimum atomic E-state index is -1.11. The number of carbonyl (C=O) groups excluding carboxylic acids is 3. The first-order valence-corrected chi connectivity index (χ1v) is 10.4. The van der Waals surface area contributed by atoms with Crippen LogP contribution in [-0.2, 0) is 4.79 Å². The van der Waals surface area contributed by atoms with Crippen molar-refractivity contribution in [1.82, 2.24) is 4.90 Å². The van der Waals surface area contributed by atoms with Crippen LogP contribution < -0.4 is 4.74 Å². The molecule has 3 aromatic rings. The van der Waals surface area contributed by atoms with Crippen LogP contribution in [0.2, 0.25) is 5.02 Å². The molecule has 0 radical (unpaired) electrons. The Bertz CT molecular complexity index is 1300. The number of hydrogen-bond acceptors (Lipinski definition) is 5. The Hall–Kier alpha value is -4.21. The second kappa shape index (κ2) is 9.11. The SMILES string of the molecule is CC(C(=O)Oc1cccc(/C=C(/C#N)c2ccc(Cl)cc2)c1)N1C(=O)c2ccccc2C1=O. The lowest BCUT2D eigenvalue weighted by molar-refractivity contribution is -0.138. The molecule has 1 heterocycles. The fourth-order valence-corrected chi connectivity index (χ4v) is 3.64. The summed E-state index contributed by atoms with van der Waals surface area (Å²) < 4.78 is 5.45. The highest BCUT2D eigenvalue weighted by atomic mass is 35.5. The number of fused-ring (bicyclic) bond motifs is 1. The van der Waals surface area contributed by atoms with Gasteiger partial charge in [-0.15, -0.1) is 0 Å². The normalized spacial score (nSPS) is 14.0. The van der Waals surface area contributed by atoms with Crippen LogP contribution in [0.25, 0.3) is 11.6 Å². The molecule has 1 aliphatic rings. The Morgan fingerprint density at radius 2 is 1.64 bits per heavy atom. The molecule has 0 aromatic heterocycles. The van der Waals surface area contributed by atoms with E-state index in [1.165, 1.54) is 6.92 Å². The highest BCUT2D eigenvalue weighted by Gasteiger charge is 2.41. The van der Waals surface area contributed by atoms with Gasteiger partial charge < -0.3 is 4.74 Å². The molecule has 1 unspecified atom stereocenters. The van der Waals surface area contributed by atoms with E-state index in [1.807, 2.05) is 0 Å². The number of nitriles is 1. The van der Waals surface area contributed by atoms with Crippen molar-refractivity contribution in [2.75, 3.05) is 0 Å². The molecule has 0 aliphatic carbocycles. The fraction of sp³-hybridized carbons (Fsp3) is 0.0769. The van der Waals surface area contributed by atoms with Gasteiger partial charge in [0.1, 0.15) is 11.8 Å². The van der Waals surface area contributed by atoms with Crippen LogP contribution in [0, 0.1) is 11.3 Å². The average molecular weight is 457 g/mol. The lowest BCUT2D eigenvalue weighted by atomic mass is 10.0. The van der Waals surface area contributed by atoms with Gasteiger partial charge in [0.2, 0.25) is 0 Å². The topological polar surface area (TPSA) is 87.5 Å². The van der Waals surface area contributed by atoms with E-state index in [4.69, 9.17) is 16.3 Å². The second-order valence-electron chi connectivity index (χ2n) is 7.37. The summed E-state index contributed by atoms with van der Waals surface area (Å²) in [5, 5.41) is 10.1. The maximum absolute atomic E-state index is 12.7. The van der Waals surface area contributed by atoms with Crippen molar-refractivity contribution in [2.45, 2.75) is 13.0 Å². The first-order valence-electron chi connectivity index (χ1n) is 10.1. The Balaban J connectivity index is 1.52. The summed E-state index contributed by atoms with van der Waals surface area (Å²) in [6.45, 7) is 1.45. The van der Waals surface area contributed by atoms with E-state index in [1.54, 1.807) is 78.9 Å². The quantitative estimate of drug-likeness (QED) is 0.177. The highest BCUT2D eigenvalue weighted by Crippen LogP contribution is 2.26. The van der Waals surface area contributed by atoms with Crippen molar-refractivity contribution in [3.05, 3.63) is 100 Å². The van der Waals surface area contributed by atoms with Crippen molar-refractivity contribution < 1.29 is 19.1 Å². The predicted molar refractivity (Wildman–Crippen MR) is 123 cm³/mol. The Morgan fingerprint density at radius 3 is 2.24 bits per heavy atom. The maximum Gasteiger partial charge on any atom is 0.334 e. The summed E-state index contributed by atoms with van der Waals surface area (Å²) in [5.41, 5.74) is 2.28. The monoisotopic (exact) mass is 456 g/mol. The minimum absolute atomic E-state index is 0.227. The van der Waals surface area contributed by atoms with E-state index >= 15 is 0 Å². The van der Waals surface area contributed by atoms with Gasteiger partial charge in [-0.1, -0.05) is 48.0 Å². The molecule has 7 heteroatoms. The van der Waals surface area contributed by atoms with Crippen LogP contribution in [0.4, 0.5) is 0 Å². The lowest BCUT2D eigenvalue weighted by Crippen LogP contribution is -2.44. The van der Waals surface area contributed by atoms with Gasteiger partial charge in [0, 0.05) is 5.02 Å². The Kier molecular flexibility index (Phi) is 6.07. The first kappa shape index (κ1) is 22.0. The largest absolute Gasteiger partial charge is 0.425 e. The first-order chi connectivity index (χ1) is 15.9. The van der Waals surface area contributed by atoms with Crippen molar-refractivity contribution >= 4 is 41.0 Å². The van der Waals surface area contributed by atoms with Gasteiger partial charge in [0.25, 0.3) is 11.8 Å². The second-order valence-corrected chi connectivity index (χ2v) is 7.81. The summed E-state index contributed by atoms with van der Waals surface area (Å²) in [4.78, 5) is 38.9. The minimum Gasteiger partial charge on any atom is -0.425 e. The van der Waals surface area contributed by atoms with E-state index in [2.05, 4.69) is 6.07 Å². The third kappa shape index (κ3) is 4.40. The standard InChI is InChI=1S/C26H17ClN2O4/c1-16(29-24(30)22-7-2-3-8-23(22)25(29)31)26(32)33-21-6-4-5-17(14-21)13-19(15-28)18-9-11-20(27)12-10-18/h2-14,16H,1H3/b19-13-. The summed E-state index contributed by atoms with van der Waals surface area (Å²) in [6, 6.07) is 21.0. The molecule has 0 fully saturated rings. The molecule has 0 saturated heterocycles. The van der Waals surface area contributed by atoms with Crippen LogP contribution in [0.1, 0.15) is 38.8 Å². The summed E-state index contributed by atoms with van der Waals surface area (Å²) in [5.74, 6) is -1.58. The van der Waals surface area contributed by atoms with Gasteiger partial charge in [0.15, 0.2) is 0 Å².